The molecule has 1 atom stereocenters. The first kappa shape index (κ1) is 17.8. The highest BCUT2D eigenvalue weighted by Crippen LogP contribution is 2.48. The molecule has 0 unspecified atom stereocenters. The zero-order valence-electron chi connectivity index (χ0n) is 15.9. The highest BCUT2D eigenvalue weighted by Gasteiger charge is 2.55. The van der Waals surface area contributed by atoms with Gasteiger partial charge in [0.25, 0.3) is 5.91 Å². The van der Waals surface area contributed by atoms with Gasteiger partial charge in [-0.05, 0) is 54.8 Å². The summed E-state index contributed by atoms with van der Waals surface area (Å²) in [6, 6.07) is 12.2. The fourth-order valence-electron chi connectivity index (χ4n) is 4.73. The molecule has 144 valence electrons. The lowest BCUT2D eigenvalue weighted by molar-refractivity contribution is -0.123. The molecule has 1 aromatic heterocycles. The zero-order chi connectivity index (χ0) is 19.5. The Hall–Kier alpha value is -2.31. The molecule has 2 N–H and O–H groups in total. The number of hydrogen-bond acceptors (Lipinski definition) is 3. The lowest BCUT2D eigenvalue weighted by Gasteiger charge is -2.34. The topological polar surface area (TPSA) is 57.4 Å². The highest BCUT2D eigenvalue weighted by molar-refractivity contribution is 9.10. The van der Waals surface area contributed by atoms with Gasteiger partial charge in [0, 0.05) is 39.7 Å². The van der Waals surface area contributed by atoms with E-state index in [1.165, 1.54) is 5.56 Å². The summed E-state index contributed by atoms with van der Waals surface area (Å²) in [5, 5.41) is 4.72. The second kappa shape index (κ2) is 6.36. The summed E-state index contributed by atoms with van der Waals surface area (Å²) in [6.07, 6.45) is 1.78. The number of aromatic nitrogens is 1. The summed E-state index contributed by atoms with van der Waals surface area (Å²) in [5.41, 5.74) is 4.34. The Balaban J connectivity index is 1.80. The number of carbonyl (C=O) groups is 1. The maximum atomic E-state index is 13.8. The first-order valence-electron chi connectivity index (χ1n) is 9.66. The van der Waals surface area contributed by atoms with E-state index in [0.29, 0.717) is 6.54 Å². The average molecular weight is 440 g/mol. The van der Waals surface area contributed by atoms with Gasteiger partial charge in [-0.1, -0.05) is 22.9 Å². The second-order valence-corrected chi connectivity index (χ2v) is 8.35. The van der Waals surface area contributed by atoms with E-state index < -0.39 is 5.54 Å². The van der Waals surface area contributed by atoms with Gasteiger partial charge in [0.15, 0.2) is 5.54 Å². The largest absolute Gasteiger partial charge is 0.497 e. The van der Waals surface area contributed by atoms with Crippen LogP contribution in [0.25, 0.3) is 10.9 Å². The van der Waals surface area contributed by atoms with Crippen LogP contribution in [0.2, 0.25) is 0 Å². The molecule has 0 aliphatic carbocycles. The van der Waals surface area contributed by atoms with Crippen LogP contribution in [0.4, 0.5) is 5.69 Å². The molecule has 1 spiro atoms. The van der Waals surface area contributed by atoms with Gasteiger partial charge in [-0.3, -0.25) is 10.1 Å². The quantitative estimate of drug-likeness (QED) is 0.645. The van der Waals surface area contributed by atoms with Crippen LogP contribution in [0.5, 0.6) is 5.75 Å². The van der Waals surface area contributed by atoms with Gasteiger partial charge in [-0.15, -0.1) is 0 Å². The third-order valence-corrected chi connectivity index (χ3v) is 6.41. The number of rotatable bonds is 3. The number of nitrogens with one attached hydrogen (secondary N) is 2. The maximum Gasteiger partial charge on any atom is 0.258 e. The van der Waals surface area contributed by atoms with Crippen molar-refractivity contribution in [2.45, 2.75) is 25.3 Å². The number of halogens is 1. The molecule has 3 heterocycles. The van der Waals surface area contributed by atoms with Gasteiger partial charge in [-0.25, -0.2) is 0 Å². The number of carbonyl (C=O) groups excluding carboxylic acids is 1. The Morgan fingerprint density at radius 2 is 2.11 bits per heavy atom. The number of methoxy groups -OCH3 is 1. The number of anilines is 1. The number of H-pyrrole nitrogens is 1. The first-order valence-corrected chi connectivity index (χ1v) is 10.5. The van der Waals surface area contributed by atoms with Crippen molar-refractivity contribution in [2.24, 2.45) is 0 Å². The fraction of sp³-hybridized carbons (Fsp3) is 0.318. The third-order valence-electron chi connectivity index (χ3n) is 5.92. The van der Waals surface area contributed by atoms with E-state index in [1.54, 1.807) is 7.11 Å². The molecule has 0 fully saturated rings. The molecule has 2 aliphatic rings. The molecular formula is C22H22BrN3O2. The Labute approximate surface area is 172 Å². The van der Waals surface area contributed by atoms with Crippen LogP contribution in [0.1, 0.15) is 30.2 Å². The monoisotopic (exact) mass is 439 g/mol. The minimum absolute atomic E-state index is 0.0990. The predicted molar refractivity (Wildman–Crippen MR) is 114 cm³/mol. The van der Waals surface area contributed by atoms with Crippen molar-refractivity contribution in [2.75, 3.05) is 25.1 Å². The lowest BCUT2D eigenvalue weighted by atomic mass is 9.82. The maximum absolute atomic E-state index is 13.8. The van der Waals surface area contributed by atoms with Crippen molar-refractivity contribution in [3.05, 3.63) is 57.7 Å². The van der Waals surface area contributed by atoms with Gasteiger partial charge in [0.2, 0.25) is 0 Å². The third kappa shape index (κ3) is 2.25. The van der Waals surface area contributed by atoms with Crippen molar-refractivity contribution >= 4 is 38.4 Å². The van der Waals surface area contributed by atoms with Crippen LogP contribution in [-0.2, 0) is 16.8 Å². The Morgan fingerprint density at radius 3 is 2.89 bits per heavy atom. The number of aromatic amines is 1. The molecule has 0 saturated carbocycles. The van der Waals surface area contributed by atoms with Crippen LogP contribution < -0.4 is 15.0 Å². The molecule has 2 aliphatic heterocycles. The summed E-state index contributed by atoms with van der Waals surface area (Å²) in [4.78, 5) is 19.3. The molecule has 0 radical (unpaired) electrons. The van der Waals surface area contributed by atoms with Gasteiger partial charge in [-0.2, -0.15) is 0 Å². The number of nitrogens with zero attached hydrogens (tertiary/aromatic N) is 1. The SMILES string of the molecule is CCCN1C(=O)[C@]2(NCCc3c2[nH]c2ccc(OC)cc32)c2cc(Br)ccc21. The van der Waals surface area contributed by atoms with Crippen LogP contribution in [-0.4, -0.2) is 31.1 Å². The van der Waals surface area contributed by atoms with Crippen molar-refractivity contribution in [1.82, 2.24) is 10.3 Å². The summed E-state index contributed by atoms with van der Waals surface area (Å²) in [7, 11) is 1.68. The summed E-state index contributed by atoms with van der Waals surface area (Å²) in [6.45, 7) is 3.56. The van der Waals surface area contributed by atoms with E-state index in [2.05, 4.69) is 45.3 Å². The number of hydrogen-bond donors (Lipinski definition) is 2. The van der Waals surface area contributed by atoms with E-state index in [-0.39, 0.29) is 5.91 Å². The van der Waals surface area contributed by atoms with E-state index >= 15 is 0 Å². The summed E-state index contributed by atoms with van der Waals surface area (Å²) in [5.74, 6) is 0.928. The van der Waals surface area contributed by atoms with Crippen molar-refractivity contribution in [3.8, 4) is 5.75 Å². The van der Waals surface area contributed by atoms with E-state index in [4.69, 9.17) is 4.74 Å². The Kier molecular flexibility index (Phi) is 4.03. The van der Waals surface area contributed by atoms with E-state index in [1.807, 2.05) is 29.2 Å². The predicted octanol–water partition coefficient (Wildman–Crippen LogP) is 4.08. The number of amides is 1. The molecule has 0 saturated heterocycles. The van der Waals surface area contributed by atoms with Crippen LogP contribution >= 0.6 is 15.9 Å². The van der Waals surface area contributed by atoms with Crippen LogP contribution in [0, 0.1) is 0 Å². The summed E-state index contributed by atoms with van der Waals surface area (Å²) < 4.78 is 6.41. The lowest BCUT2D eigenvalue weighted by Crippen LogP contribution is -2.55. The summed E-state index contributed by atoms with van der Waals surface area (Å²) >= 11 is 3.60. The molecule has 2 aromatic carbocycles. The molecule has 5 rings (SSSR count). The van der Waals surface area contributed by atoms with Gasteiger partial charge < -0.3 is 14.6 Å². The number of fused-ring (bicyclic) bond motifs is 6. The number of ether oxygens (including phenoxy) is 1. The van der Waals surface area contributed by atoms with E-state index in [0.717, 1.165) is 57.5 Å². The minimum atomic E-state index is -0.867. The molecule has 3 aromatic rings. The second-order valence-electron chi connectivity index (χ2n) is 7.44. The van der Waals surface area contributed by atoms with E-state index in [9.17, 15) is 4.79 Å². The van der Waals surface area contributed by atoms with Crippen molar-refractivity contribution in [1.29, 1.82) is 0 Å². The first-order chi connectivity index (χ1) is 13.6. The number of benzene rings is 2. The molecule has 5 nitrogen and oxygen atoms in total. The minimum Gasteiger partial charge on any atom is -0.497 e. The average Bonchev–Trinajstić information content (AvgIpc) is 3.19. The fourth-order valence-corrected chi connectivity index (χ4v) is 5.09. The van der Waals surface area contributed by atoms with Gasteiger partial charge in [0.1, 0.15) is 5.75 Å². The zero-order valence-corrected chi connectivity index (χ0v) is 17.5. The van der Waals surface area contributed by atoms with Crippen molar-refractivity contribution in [3.63, 3.8) is 0 Å². The highest BCUT2D eigenvalue weighted by atomic mass is 79.9. The Bertz CT molecular complexity index is 1110. The van der Waals surface area contributed by atoms with Gasteiger partial charge in [0.05, 0.1) is 12.8 Å². The molecule has 1 amide bonds. The normalized spacial score (nSPS) is 20.7. The van der Waals surface area contributed by atoms with Crippen molar-refractivity contribution < 1.29 is 9.53 Å². The molecule has 28 heavy (non-hydrogen) atoms. The van der Waals surface area contributed by atoms with Gasteiger partial charge >= 0.3 is 0 Å². The molecule has 0 bridgehead atoms. The molecule has 6 heteroatoms. The van der Waals surface area contributed by atoms with Crippen LogP contribution in [0.3, 0.4) is 0 Å². The Morgan fingerprint density at radius 1 is 1.25 bits per heavy atom. The molecular weight excluding hydrogens is 418 g/mol. The van der Waals surface area contributed by atoms with Crippen LogP contribution in [0.15, 0.2) is 40.9 Å². The smallest absolute Gasteiger partial charge is 0.258 e. The standard InChI is InChI=1S/C22H22BrN3O2/c1-3-10-26-19-7-4-13(23)11-17(19)22(21(26)27)20-15(8-9-24-22)16-12-14(28-2)5-6-18(16)25-20/h4-7,11-12,24-25H,3,8-10H2,1-2H3/t22-/m0/s1.